The summed E-state index contributed by atoms with van der Waals surface area (Å²) in [5.74, 6) is 0.212. The molecule has 1 saturated heterocycles. The zero-order valence-electron chi connectivity index (χ0n) is 21.7. The molecule has 7 heteroatoms. The average molecular weight is 504 g/mol. The second kappa shape index (κ2) is 10.3. The number of hydrogen-bond acceptors (Lipinski definition) is 5. The Labute approximate surface area is 218 Å². The van der Waals surface area contributed by atoms with Crippen molar-refractivity contribution in [2.45, 2.75) is 51.5 Å². The van der Waals surface area contributed by atoms with Gasteiger partial charge in [-0.05, 0) is 69.7 Å². The van der Waals surface area contributed by atoms with Crippen LogP contribution in [-0.4, -0.2) is 64.2 Å². The van der Waals surface area contributed by atoms with Crippen LogP contribution in [0.25, 0.3) is 11.3 Å². The number of allylic oxidation sites excluding steroid dienone is 1. The van der Waals surface area contributed by atoms with Crippen molar-refractivity contribution in [3.63, 3.8) is 0 Å². The van der Waals surface area contributed by atoms with Crippen LogP contribution in [0.15, 0.2) is 54.2 Å². The first-order chi connectivity index (χ1) is 17.3. The number of amides is 1. The fourth-order valence-corrected chi connectivity index (χ4v) is 6.97. The fourth-order valence-electron chi connectivity index (χ4n) is 5.99. The topological polar surface area (TPSA) is 54.3 Å². The highest BCUT2D eigenvalue weighted by molar-refractivity contribution is 7.09. The molecule has 1 aromatic carbocycles. The molecule has 0 spiro atoms. The number of carbonyl (C=O) groups is 1. The molecule has 0 unspecified atom stereocenters. The van der Waals surface area contributed by atoms with Gasteiger partial charge in [-0.25, -0.2) is 4.98 Å². The number of benzene rings is 1. The van der Waals surface area contributed by atoms with E-state index in [1.165, 1.54) is 21.7 Å². The number of likely N-dealkylation sites (N-methyl/N-ethyl adjacent to an activating group) is 1. The van der Waals surface area contributed by atoms with Crippen molar-refractivity contribution in [1.29, 1.82) is 0 Å². The Kier molecular flexibility index (Phi) is 7.13. The highest BCUT2D eigenvalue weighted by Crippen LogP contribution is 2.44. The van der Waals surface area contributed by atoms with E-state index in [1.54, 1.807) is 11.3 Å². The third-order valence-electron chi connectivity index (χ3n) is 7.54. The Balaban J connectivity index is 1.24. The molecule has 5 rings (SSSR count). The molecule has 1 amide bonds. The molecular formula is C29H37N5OS. The quantitative estimate of drug-likeness (QED) is 0.405. The molecule has 190 valence electrons. The largest absolute Gasteiger partial charge is 0.341 e. The van der Waals surface area contributed by atoms with Crippen LogP contribution in [0.5, 0.6) is 0 Å². The van der Waals surface area contributed by atoms with Gasteiger partial charge in [0.15, 0.2) is 0 Å². The van der Waals surface area contributed by atoms with E-state index >= 15 is 0 Å². The molecule has 6 nitrogen and oxygen atoms in total. The molecule has 0 bridgehead atoms. The number of fused-ring (bicyclic) bond motifs is 1. The fraction of sp³-hybridized carbons (Fsp3) is 0.483. The lowest BCUT2D eigenvalue weighted by atomic mass is 9.76. The van der Waals surface area contributed by atoms with Crippen molar-refractivity contribution < 1.29 is 4.79 Å². The van der Waals surface area contributed by atoms with E-state index in [0.29, 0.717) is 12.6 Å². The van der Waals surface area contributed by atoms with Gasteiger partial charge in [-0.1, -0.05) is 29.8 Å². The molecule has 0 N–H and O–H groups in total. The summed E-state index contributed by atoms with van der Waals surface area (Å²) in [7, 11) is 3.87. The molecule has 36 heavy (non-hydrogen) atoms. The van der Waals surface area contributed by atoms with E-state index in [2.05, 4.69) is 59.1 Å². The number of thiazole rings is 1. The van der Waals surface area contributed by atoms with Gasteiger partial charge in [0, 0.05) is 36.7 Å². The number of aromatic nitrogens is 3. The van der Waals surface area contributed by atoms with E-state index in [0.717, 1.165) is 62.9 Å². The molecule has 2 aromatic heterocycles. The molecular weight excluding hydrogens is 466 g/mol. The van der Waals surface area contributed by atoms with Crippen molar-refractivity contribution in [1.82, 2.24) is 24.6 Å². The Morgan fingerprint density at radius 2 is 1.89 bits per heavy atom. The van der Waals surface area contributed by atoms with Crippen LogP contribution in [0, 0.1) is 5.41 Å². The lowest BCUT2D eigenvalue weighted by molar-refractivity contribution is -0.133. The van der Waals surface area contributed by atoms with E-state index in [1.807, 2.05) is 30.1 Å². The van der Waals surface area contributed by atoms with Crippen molar-refractivity contribution >= 4 is 17.2 Å². The maximum atomic E-state index is 12.4. The highest BCUT2D eigenvalue weighted by atomic mass is 32.1. The summed E-state index contributed by atoms with van der Waals surface area (Å²) >= 11 is 1.76. The standard InChI is InChI=1S/C29H37N5OS/c1-21(2)13-29(14-22-7-5-6-8-23(22)15-29)16-27-31-26(20-36-27)24-17-30-34(18-24)25-9-11-33(12-10-25)28(35)19-32(3)4/h5-8,17-18,20,25H,1,9-16,19H2,2-4H3. The van der Waals surface area contributed by atoms with Gasteiger partial charge in [-0.2, -0.15) is 5.10 Å². The summed E-state index contributed by atoms with van der Waals surface area (Å²) in [6.07, 6.45) is 10.2. The first-order valence-corrected chi connectivity index (χ1v) is 13.8. The van der Waals surface area contributed by atoms with Gasteiger partial charge in [0.25, 0.3) is 0 Å². The summed E-state index contributed by atoms with van der Waals surface area (Å²) in [5, 5.41) is 8.06. The number of rotatable bonds is 8. The van der Waals surface area contributed by atoms with Gasteiger partial charge < -0.3 is 9.80 Å². The minimum Gasteiger partial charge on any atom is -0.341 e. The number of likely N-dealkylation sites (tertiary alicyclic amines) is 1. The molecule has 0 radical (unpaired) electrons. The minimum absolute atomic E-state index is 0.173. The third kappa shape index (κ3) is 5.47. The molecule has 1 fully saturated rings. The van der Waals surface area contributed by atoms with Crippen molar-refractivity contribution in [3.05, 3.63) is 70.3 Å². The second-order valence-corrected chi connectivity index (χ2v) is 12.1. The number of nitrogens with zero attached hydrogens (tertiary/aromatic N) is 5. The van der Waals surface area contributed by atoms with E-state index in [9.17, 15) is 4.79 Å². The van der Waals surface area contributed by atoms with Crippen LogP contribution in [-0.2, 0) is 24.1 Å². The Bertz CT molecular complexity index is 1210. The third-order valence-corrected chi connectivity index (χ3v) is 8.39. The first kappa shape index (κ1) is 24.9. The predicted octanol–water partition coefficient (Wildman–Crippen LogP) is 5.03. The lowest BCUT2D eigenvalue weighted by Gasteiger charge is -2.32. The van der Waals surface area contributed by atoms with E-state index < -0.39 is 0 Å². The normalized spacial score (nSPS) is 17.5. The summed E-state index contributed by atoms with van der Waals surface area (Å²) in [6, 6.07) is 9.19. The van der Waals surface area contributed by atoms with Gasteiger partial charge in [-0.15, -0.1) is 17.9 Å². The lowest BCUT2D eigenvalue weighted by Crippen LogP contribution is -2.43. The van der Waals surface area contributed by atoms with Crippen molar-refractivity contribution in [2.24, 2.45) is 5.41 Å². The van der Waals surface area contributed by atoms with Gasteiger partial charge >= 0.3 is 0 Å². The first-order valence-electron chi connectivity index (χ1n) is 12.9. The molecule has 1 aliphatic carbocycles. The zero-order valence-corrected chi connectivity index (χ0v) is 22.6. The summed E-state index contributed by atoms with van der Waals surface area (Å²) in [6.45, 7) is 8.45. The smallest absolute Gasteiger partial charge is 0.236 e. The number of piperidine rings is 1. The van der Waals surface area contributed by atoms with Crippen LogP contribution in [0.3, 0.4) is 0 Å². The number of carbonyl (C=O) groups excluding carboxylic acids is 1. The van der Waals surface area contributed by atoms with Gasteiger partial charge in [0.1, 0.15) is 0 Å². The Hall–Kier alpha value is -2.77. The Morgan fingerprint density at radius 1 is 1.19 bits per heavy atom. The van der Waals surface area contributed by atoms with Gasteiger partial charge in [0.2, 0.25) is 5.91 Å². The summed E-state index contributed by atoms with van der Waals surface area (Å²) in [5.41, 5.74) is 6.47. The molecule has 3 aromatic rings. The molecule has 1 aliphatic heterocycles. The minimum atomic E-state index is 0.173. The highest BCUT2D eigenvalue weighted by Gasteiger charge is 2.38. The SMILES string of the molecule is C=C(C)CC1(Cc2nc(-c3cnn(C4CCN(C(=O)CN(C)C)CC4)c3)cs2)Cc2ccccc2C1. The maximum Gasteiger partial charge on any atom is 0.236 e. The van der Waals surface area contributed by atoms with Crippen LogP contribution in [0.2, 0.25) is 0 Å². The van der Waals surface area contributed by atoms with Crippen LogP contribution in [0.4, 0.5) is 0 Å². The van der Waals surface area contributed by atoms with Crippen LogP contribution in [0.1, 0.15) is 48.4 Å². The maximum absolute atomic E-state index is 12.4. The number of hydrogen-bond donors (Lipinski definition) is 0. The van der Waals surface area contributed by atoms with E-state index in [-0.39, 0.29) is 11.3 Å². The summed E-state index contributed by atoms with van der Waals surface area (Å²) in [4.78, 5) is 21.3. The van der Waals surface area contributed by atoms with Crippen LogP contribution >= 0.6 is 11.3 Å². The molecule has 0 saturated carbocycles. The average Bonchev–Trinajstić information content (AvgIpc) is 3.56. The Morgan fingerprint density at radius 3 is 2.53 bits per heavy atom. The monoisotopic (exact) mass is 503 g/mol. The molecule has 0 atom stereocenters. The summed E-state index contributed by atoms with van der Waals surface area (Å²) < 4.78 is 2.08. The molecule has 2 aliphatic rings. The van der Waals surface area contributed by atoms with Crippen molar-refractivity contribution in [3.8, 4) is 11.3 Å². The van der Waals surface area contributed by atoms with Crippen LogP contribution < -0.4 is 0 Å². The second-order valence-electron chi connectivity index (χ2n) is 11.1. The predicted molar refractivity (Wildman–Crippen MR) is 146 cm³/mol. The van der Waals surface area contributed by atoms with Crippen molar-refractivity contribution in [2.75, 3.05) is 33.7 Å². The van der Waals surface area contributed by atoms with E-state index in [4.69, 9.17) is 4.98 Å². The zero-order chi connectivity index (χ0) is 25.3. The van der Waals surface area contributed by atoms with Gasteiger partial charge in [0.05, 0.1) is 29.5 Å². The van der Waals surface area contributed by atoms with Gasteiger partial charge in [-0.3, -0.25) is 9.48 Å². The molecule has 3 heterocycles.